The number of primary amides is 1. The summed E-state index contributed by atoms with van der Waals surface area (Å²) in [5.74, 6) is 0.822. The highest BCUT2D eigenvalue weighted by molar-refractivity contribution is 5.73. The Morgan fingerprint density at radius 3 is 3.00 bits per heavy atom. The van der Waals surface area contributed by atoms with Gasteiger partial charge < -0.3 is 15.5 Å². The van der Waals surface area contributed by atoms with Crippen LogP contribution in [0.1, 0.15) is 38.4 Å². The number of amides is 1. The third kappa shape index (κ3) is 6.79. The third-order valence-corrected chi connectivity index (χ3v) is 2.75. The summed E-state index contributed by atoms with van der Waals surface area (Å²) in [5.41, 5.74) is 5.07. The van der Waals surface area contributed by atoms with Gasteiger partial charge in [-0.15, -0.1) is 0 Å². The van der Waals surface area contributed by atoms with Crippen LogP contribution in [0.2, 0.25) is 0 Å². The quantitative estimate of drug-likeness (QED) is 0.645. The fraction of sp³-hybridized carbons (Fsp3) is 0.615. The van der Waals surface area contributed by atoms with Gasteiger partial charge in [-0.2, -0.15) is 0 Å². The number of furan rings is 1. The molecule has 0 fully saturated rings. The lowest BCUT2D eigenvalue weighted by atomic mass is 10.1. The molecule has 17 heavy (non-hydrogen) atoms. The average Bonchev–Trinajstić information content (AvgIpc) is 2.78. The van der Waals surface area contributed by atoms with Crippen LogP contribution >= 0.6 is 0 Å². The Hall–Kier alpha value is -1.29. The number of nitrogens with one attached hydrogen (secondary N) is 1. The van der Waals surface area contributed by atoms with E-state index in [1.54, 1.807) is 6.26 Å². The number of aryl methyl sites for hydroxylation is 1. The Balaban J connectivity index is 1.97. The van der Waals surface area contributed by atoms with Crippen LogP contribution in [-0.2, 0) is 11.2 Å². The van der Waals surface area contributed by atoms with Crippen LogP contribution < -0.4 is 11.1 Å². The lowest BCUT2D eigenvalue weighted by molar-refractivity contribution is -0.118. The number of unbranched alkanes of at least 4 members (excludes halogenated alkanes) is 1. The number of hydrogen-bond donors (Lipinski definition) is 2. The first-order chi connectivity index (χ1) is 8.18. The van der Waals surface area contributed by atoms with E-state index >= 15 is 0 Å². The maximum Gasteiger partial charge on any atom is 0.217 e. The maximum atomic E-state index is 10.5. The van der Waals surface area contributed by atoms with Gasteiger partial charge in [0.25, 0.3) is 0 Å². The van der Waals surface area contributed by atoms with E-state index in [4.69, 9.17) is 10.2 Å². The van der Waals surface area contributed by atoms with Gasteiger partial charge in [-0.1, -0.05) is 0 Å². The Labute approximate surface area is 103 Å². The van der Waals surface area contributed by atoms with Gasteiger partial charge in [-0.25, -0.2) is 0 Å². The summed E-state index contributed by atoms with van der Waals surface area (Å²) < 4.78 is 5.27. The predicted octanol–water partition coefficient (Wildman–Crippen LogP) is 1.85. The molecule has 1 heterocycles. The summed E-state index contributed by atoms with van der Waals surface area (Å²) in [4.78, 5) is 10.5. The molecule has 1 aromatic heterocycles. The first-order valence-corrected chi connectivity index (χ1v) is 6.22. The van der Waals surface area contributed by atoms with Crippen molar-refractivity contribution in [3.05, 3.63) is 24.2 Å². The molecule has 4 heteroatoms. The third-order valence-electron chi connectivity index (χ3n) is 2.75. The minimum absolute atomic E-state index is 0.212. The summed E-state index contributed by atoms with van der Waals surface area (Å²) in [6.45, 7) is 3.10. The van der Waals surface area contributed by atoms with Crippen LogP contribution in [0.3, 0.4) is 0 Å². The van der Waals surface area contributed by atoms with Crippen LogP contribution in [-0.4, -0.2) is 18.5 Å². The van der Waals surface area contributed by atoms with Gasteiger partial charge in [-0.3, -0.25) is 4.79 Å². The van der Waals surface area contributed by atoms with E-state index < -0.39 is 0 Å². The Morgan fingerprint density at radius 1 is 1.53 bits per heavy atom. The molecular formula is C13H22N2O2. The van der Waals surface area contributed by atoms with Crippen LogP contribution in [0, 0.1) is 0 Å². The molecule has 0 saturated carbocycles. The standard InChI is InChI=1S/C13H22N2O2/c1-11(7-8-12-5-4-10-17-12)15-9-3-2-6-13(14)16/h4-5,10-11,15H,2-3,6-9H2,1H3,(H2,14,16). The number of carbonyl (C=O) groups is 1. The van der Waals surface area contributed by atoms with Crippen molar-refractivity contribution in [2.75, 3.05) is 6.54 Å². The van der Waals surface area contributed by atoms with E-state index in [2.05, 4.69) is 12.2 Å². The van der Waals surface area contributed by atoms with Gasteiger partial charge in [0, 0.05) is 18.9 Å². The summed E-state index contributed by atoms with van der Waals surface area (Å²) in [6, 6.07) is 4.38. The van der Waals surface area contributed by atoms with E-state index in [1.807, 2.05) is 12.1 Å². The van der Waals surface area contributed by atoms with E-state index in [0.29, 0.717) is 12.5 Å². The zero-order chi connectivity index (χ0) is 12.5. The van der Waals surface area contributed by atoms with Crippen molar-refractivity contribution in [2.24, 2.45) is 5.73 Å². The molecule has 4 nitrogen and oxygen atoms in total. The second-order valence-electron chi connectivity index (χ2n) is 4.40. The monoisotopic (exact) mass is 238 g/mol. The van der Waals surface area contributed by atoms with Crippen LogP contribution in [0.5, 0.6) is 0 Å². The van der Waals surface area contributed by atoms with Gasteiger partial charge in [0.05, 0.1) is 6.26 Å². The smallest absolute Gasteiger partial charge is 0.217 e. The van der Waals surface area contributed by atoms with Gasteiger partial charge in [0.2, 0.25) is 5.91 Å². The van der Waals surface area contributed by atoms with Crippen LogP contribution in [0.4, 0.5) is 0 Å². The van der Waals surface area contributed by atoms with Crippen molar-refractivity contribution in [3.63, 3.8) is 0 Å². The normalized spacial score (nSPS) is 12.5. The lowest BCUT2D eigenvalue weighted by Crippen LogP contribution is -2.27. The van der Waals surface area contributed by atoms with Crippen LogP contribution in [0.25, 0.3) is 0 Å². The highest BCUT2D eigenvalue weighted by Gasteiger charge is 2.03. The van der Waals surface area contributed by atoms with Crippen molar-refractivity contribution in [3.8, 4) is 0 Å². The number of nitrogens with two attached hydrogens (primary N) is 1. The molecule has 1 amide bonds. The molecule has 0 bridgehead atoms. The molecule has 96 valence electrons. The molecular weight excluding hydrogens is 216 g/mol. The fourth-order valence-electron chi connectivity index (χ4n) is 1.69. The van der Waals surface area contributed by atoms with E-state index in [0.717, 1.165) is 38.0 Å². The molecule has 0 radical (unpaired) electrons. The van der Waals surface area contributed by atoms with Crippen molar-refractivity contribution in [2.45, 2.75) is 45.1 Å². The zero-order valence-corrected chi connectivity index (χ0v) is 10.4. The number of hydrogen-bond acceptors (Lipinski definition) is 3. The topological polar surface area (TPSA) is 68.3 Å². The first-order valence-electron chi connectivity index (χ1n) is 6.22. The number of carbonyl (C=O) groups excluding carboxylic acids is 1. The van der Waals surface area contributed by atoms with Gasteiger partial charge in [0.15, 0.2) is 0 Å². The van der Waals surface area contributed by atoms with Crippen molar-refractivity contribution >= 4 is 5.91 Å². The highest BCUT2D eigenvalue weighted by atomic mass is 16.3. The molecule has 0 aliphatic heterocycles. The molecule has 1 aromatic rings. The van der Waals surface area contributed by atoms with E-state index in [-0.39, 0.29) is 5.91 Å². The molecule has 1 unspecified atom stereocenters. The van der Waals surface area contributed by atoms with Crippen molar-refractivity contribution in [1.29, 1.82) is 0 Å². The fourth-order valence-corrected chi connectivity index (χ4v) is 1.69. The SMILES string of the molecule is CC(CCc1ccco1)NCCCCC(N)=O. The zero-order valence-electron chi connectivity index (χ0n) is 10.4. The first kappa shape index (κ1) is 13.8. The summed E-state index contributed by atoms with van der Waals surface area (Å²) in [5, 5.41) is 3.42. The summed E-state index contributed by atoms with van der Waals surface area (Å²) in [6.07, 6.45) is 6.08. The molecule has 1 atom stereocenters. The van der Waals surface area contributed by atoms with Crippen molar-refractivity contribution in [1.82, 2.24) is 5.32 Å². The second-order valence-corrected chi connectivity index (χ2v) is 4.40. The van der Waals surface area contributed by atoms with Gasteiger partial charge in [-0.05, 0) is 44.9 Å². The van der Waals surface area contributed by atoms with E-state index in [9.17, 15) is 4.79 Å². The highest BCUT2D eigenvalue weighted by Crippen LogP contribution is 2.05. The number of rotatable bonds is 9. The molecule has 0 aromatic carbocycles. The summed E-state index contributed by atoms with van der Waals surface area (Å²) >= 11 is 0. The molecule has 0 aliphatic carbocycles. The van der Waals surface area contributed by atoms with Gasteiger partial charge >= 0.3 is 0 Å². The summed E-state index contributed by atoms with van der Waals surface area (Å²) in [7, 11) is 0. The predicted molar refractivity (Wildman–Crippen MR) is 67.5 cm³/mol. The molecule has 0 saturated heterocycles. The Morgan fingerprint density at radius 2 is 2.35 bits per heavy atom. The van der Waals surface area contributed by atoms with Crippen LogP contribution in [0.15, 0.2) is 22.8 Å². The molecule has 3 N–H and O–H groups in total. The maximum absolute atomic E-state index is 10.5. The lowest BCUT2D eigenvalue weighted by Gasteiger charge is -2.12. The molecule has 1 rings (SSSR count). The molecule has 0 spiro atoms. The Kier molecular flexibility index (Phi) is 6.40. The Bertz CT molecular complexity index is 309. The van der Waals surface area contributed by atoms with Crippen molar-refractivity contribution < 1.29 is 9.21 Å². The minimum Gasteiger partial charge on any atom is -0.469 e. The van der Waals surface area contributed by atoms with E-state index in [1.165, 1.54) is 0 Å². The van der Waals surface area contributed by atoms with Gasteiger partial charge in [0.1, 0.15) is 5.76 Å². The second kappa shape index (κ2) is 7.90. The largest absolute Gasteiger partial charge is 0.469 e. The average molecular weight is 238 g/mol. The molecule has 0 aliphatic rings. The minimum atomic E-state index is -0.212.